The molecule has 0 aliphatic rings. The first-order valence-corrected chi connectivity index (χ1v) is 6.46. The fourth-order valence-electron chi connectivity index (χ4n) is 1.01. The second-order valence-corrected chi connectivity index (χ2v) is 6.88. The van der Waals surface area contributed by atoms with Crippen LogP contribution in [0.2, 0.25) is 0 Å². The van der Waals surface area contributed by atoms with E-state index in [1.807, 2.05) is 20.8 Å². The standard InChI is InChI=1S/C11H24N2OS/c1-10(2,3)13-9(14)7-12-8-11(4,5)15-6/h12H,7-8H2,1-6H3,(H,13,14). The first-order valence-electron chi connectivity index (χ1n) is 5.23. The van der Waals surface area contributed by atoms with Gasteiger partial charge in [-0.15, -0.1) is 0 Å². The van der Waals surface area contributed by atoms with E-state index in [2.05, 4.69) is 30.7 Å². The van der Waals surface area contributed by atoms with Crippen LogP contribution in [0.1, 0.15) is 34.6 Å². The van der Waals surface area contributed by atoms with Crippen molar-refractivity contribution in [2.24, 2.45) is 0 Å². The number of amides is 1. The Labute approximate surface area is 97.8 Å². The largest absolute Gasteiger partial charge is 0.350 e. The molecule has 0 spiro atoms. The second kappa shape index (κ2) is 5.75. The van der Waals surface area contributed by atoms with E-state index in [1.54, 1.807) is 11.8 Å². The lowest BCUT2D eigenvalue weighted by atomic mass is 10.1. The van der Waals surface area contributed by atoms with Crippen molar-refractivity contribution < 1.29 is 4.79 Å². The zero-order chi connectivity index (χ0) is 12.1. The molecule has 90 valence electrons. The van der Waals surface area contributed by atoms with Crippen LogP contribution in [0.25, 0.3) is 0 Å². The Hall–Kier alpha value is -0.220. The third-order valence-corrected chi connectivity index (χ3v) is 3.15. The van der Waals surface area contributed by atoms with E-state index in [4.69, 9.17) is 0 Å². The summed E-state index contributed by atoms with van der Waals surface area (Å²) in [4.78, 5) is 11.5. The molecule has 1 amide bonds. The molecule has 0 aliphatic heterocycles. The number of rotatable bonds is 5. The minimum Gasteiger partial charge on any atom is -0.350 e. The number of hydrogen-bond acceptors (Lipinski definition) is 3. The van der Waals surface area contributed by atoms with E-state index >= 15 is 0 Å². The fraction of sp³-hybridized carbons (Fsp3) is 0.909. The fourth-order valence-corrected chi connectivity index (χ4v) is 1.26. The molecule has 0 fully saturated rings. The smallest absolute Gasteiger partial charge is 0.234 e. The Morgan fingerprint density at radius 1 is 1.20 bits per heavy atom. The lowest BCUT2D eigenvalue weighted by Gasteiger charge is -2.24. The van der Waals surface area contributed by atoms with Gasteiger partial charge in [0, 0.05) is 16.8 Å². The van der Waals surface area contributed by atoms with Crippen molar-refractivity contribution in [3.8, 4) is 0 Å². The van der Waals surface area contributed by atoms with Crippen LogP contribution < -0.4 is 10.6 Å². The summed E-state index contributed by atoms with van der Waals surface area (Å²) < 4.78 is 0.183. The lowest BCUT2D eigenvalue weighted by Crippen LogP contribution is -2.46. The van der Waals surface area contributed by atoms with Crippen LogP contribution in [0.5, 0.6) is 0 Å². The highest BCUT2D eigenvalue weighted by molar-refractivity contribution is 7.99. The van der Waals surface area contributed by atoms with Crippen molar-refractivity contribution in [2.75, 3.05) is 19.3 Å². The molecule has 0 heterocycles. The summed E-state index contributed by atoms with van der Waals surface area (Å²) in [5, 5.41) is 6.08. The summed E-state index contributed by atoms with van der Waals surface area (Å²) in [5.41, 5.74) is -0.145. The number of hydrogen-bond donors (Lipinski definition) is 2. The average Bonchev–Trinajstić information content (AvgIpc) is 2.00. The van der Waals surface area contributed by atoms with E-state index in [1.165, 1.54) is 0 Å². The highest BCUT2D eigenvalue weighted by atomic mass is 32.2. The topological polar surface area (TPSA) is 41.1 Å². The van der Waals surface area contributed by atoms with Crippen LogP contribution in [-0.4, -0.2) is 35.5 Å². The van der Waals surface area contributed by atoms with Crippen LogP contribution >= 0.6 is 11.8 Å². The van der Waals surface area contributed by atoms with Crippen LogP contribution in [0.4, 0.5) is 0 Å². The van der Waals surface area contributed by atoms with Gasteiger partial charge in [0.25, 0.3) is 0 Å². The highest BCUT2D eigenvalue weighted by Crippen LogP contribution is 2.19. The van der Waals surface area contributed by atoms with Crippen LogP contribution in [-0.2, 0) is 4.79 Å². The van der Waals surface area contributed by atoms with Crippen molar-refractivity contribution in [3.05, 3.63) is 0 Å². The number of carbonyl (C=O) groups is 1. The van der Waals surface area contributed by atoms with Crippen molar-refractivity contribution in [2.45, 2.75) is 44.9 Å². The molecule has 0 saturated heterocycles. The molecule has 0 saturated carbocycles. The second-order valence-electron chi connectivity index (χ2n) is 5.37. The van der Waals surface area contributed by atoms with Crippen LogP contribution in [0, 0.1) is 0 Å². The third-order valence-electron chi connectivity index (χ3n) is 1.90. The van der Waals surface area contributed by atoms with Crippen molar-refractivity contribution in [1.29, 1.82) is 0 Å². The van der Waals surface area contributed by atoms with Gasteiger partial charge in [0.1, 0.15) is 0 Å². The molecule has 0 aliphatic carbocycles. The monoisotopic (exact) mass is 232 g/mol. The van der Waals surface area contributed by atoms with E-state index in [-0.39, 0.29) is 16.2 Å². The molecule has 0 aromatic rings. The molecule has 0 unspecified atom stereocenters. The average molecular weight is 232 g/mol. The van der Waals surface area contributed by atoms with Gasteiger partial charge in [-0.1, -0.05) is 0 Å². The molecular formula is C11H24N2OS. The van der Waals surface area contributed by atoms with E-state index in [0.717, 1.165) is 6.54 Å². The SMILES string of the molecule is CSC(C)(C)CNCC(=O)NC(C)(C)C. The zero-order valence-electron chi connectivity index (χ0n) is 10.7. The lowest BCUT2D eigenvalue weighted by molar-refractivity contribution is -0.121. The van der Waals surface area contributed by atoms with E-state index < -0.39 is 0 Å². The summed E-state index contributed by atoms with van der Waals surface area (Å²) in [7, 11) is 0. The molecule has 0 bridgehead atoms. The van der Waals surface area contributed by atoms with Gasteiger partial charge in [0.2, 0.25) is 5.91 Å². The highest BCUT2D eigenvalue weighted by Gasteiger charge is 2.17. The molecule has 3 nitrogen and oxygen atoms in total. The molecular weight excluding hydrogens is 208 g/mol. The molecule has 0 aromatic carbocycles. The minimum absolute atomic E-state index is 0.0550. The summed E-state index contributed by atoms with van der Waals surface area (Å²) in [6.45, 7) is 11.5. The van der Waals surface area contributed by atoms with Gasteiger partial charge in [-0.2, -0.15) is 11.8 Å². The number of nitrogens with one attached hydrogen (secondary N) is 2. The molecule has 0 radical (unpaired) electrons. The van der Waals surface area contributed by atoms with Crippen LogP contribution in [0.15, 0.2) is 0 Å². The molecule has 0 rings (SSSR count). The van der Waals surface area contributed by atoms with Crippen molar-refractivity contribution in [3.63, 3.8) is 0 Å². The Balaban J connectivity index is 3.74. The predicted molar refractivity (Wildman–Crippen MR) is 68.4 cm³/mol. The Bertz CT molecular complexity index is 209. The van der Waals surface area contributed by atoms with Crippen LogP contribution in [0.3, 0.4) is 0 Å². The molecule has 0 atom stereocenters. The van der Waals surface area contributed by atoms with Crippen molar-refractivity contribution >= 4 is 17.7 Å². The summed E-state index contributed by atoms with van der Waals surface area (Å²) in [6, 6.07) is 0. The first-order chi connectivity index (χ1) is 6.66. The number of carbonyl (C=O) groups excluding carboxylic acids is 1. The summed E-state index contributed by atoms with van der Waals surface area (Å²) in [6.07, 6.45) is 2.08. The maximum atomic E-state index is 11.5. The molecule has 2 N–H and O–H groups in total. The van der Waals surface area contributed by atoms with Gasteiger partial charge in [0.05, 0.1) is 6.54 Å². The quantitative estimate of drug-likeness (QED) is 0.757. The van der Waals surface area contributed by atoms with Gasteiger partial charge in [-0.3, -0.25) is 4.79 Å². The summed E-state index contributed by atoms with van der Waals surface area (Å²) >= 11 is 1.80. The first kappa shape index (κ1) is 14.8. The maximum absolute atomic E-state index is 11.5. The van der Waals surface area contributed by atoms with E-state index in [0.29, 0.717) is 6.54 Å². The van der Waals surface area contributed by atoms with Gasteiger partial charge in [-0.25, -0.2) is 0 Å². The summed E-state index contributed by atoms with van der Waals surface area (Å²) in [5.74, 6) is 0.0550. The van der Waals surface area contributed by atoms with Gasteiger partial charge >= 0.3 is 0 Å². The van der Waals surface area contributed by atoms with E-state index in [9.17, 15) is 4.79 Å². The number of thioether (sulfide) groups is 1. The third kappa shape index (κ3) is 8.75. The normalized spacial score (nSPS) is 12.7. The maximum Gasteiger partial charge on any atom is 0.234 e. The van der Waals surface area contributed by atoms with Gasteiger partial charge < -0.3 is 10.6 Å². The minimum atomic E-state index is -0.145. The van der Waals surface area contributed by atoms with Gasteiger partial charge in [0.15, 0.2) is 0 Å². The Kier molecular flexibility index (Phi) is 5.67. The molecule has 4 heteroatoms. The Morgan fingerprint density at radius 2 is 1.73 bits per heavy atom. The Morgan fingerprint density at radius 3 is 2.13 bits per heavy atom. The molecule has 0 aromatic heterocycles. The zero-order valence-corrected chi connectivity index (χ0v) is 11.5. The molecule has 15 heavy (non-hydrogen) atoms. The van der Waals surface area contributed by atoms with Gasteiger partial charge in [-0.05, 0) is 40.9 Å². The van der Waals surface area contributed by atoms with Crippen molar-refractivity contribution in [1.82, 2.24) is 10.6 Å². The predicted octanol–water partition coefficient (Wildman–Crippen LogP) is 1.63.